The van der Waals surface area contributed by atoms with E-state index in [0.717, 1.165) is 12.5 Å². The van der Waals surface area contributed by atoms with Crippen LogP contribution in [0.2, 0.25) is 0 Å². The molecule has 0 aliphatic carbocycles. The number of benzene rings is 1. The van der Waals surface area contributed by atoms with Gasteiger partial charge in [0, 0.05) is 44.4 Å². The third-order valence-electron chi connectivity index (χ3n) is 5.67. The summed E-state index contributed by atoms with van der Waals surface area (Å²) in [5, 5.41) is 2.98. The molecule has 0 aromatic heterocycles. The van der Waals surface area contributed by atoms with E-state index in [2.05, 4.69) is 5.32 Å². The van der Waals surface area contributed by atoms with E-state index in [1.165, 1.54) is 12.1 Å². The lowest BCUT2D eigenvalue weighted by Gasteiger charge is -2.39. The Hall–Kier alpha value is -2.00. The molecule has 4 rings (SSSR count). The number of alkyl halides is 3. The lowest BCUT2D eigenvalue weighted by atomic mass is 10.0. The van der Waals surface area contributed by atoms with E-state index in [1.807, 2.05) is 0 Å². The molecule has 0 radical (unpaired) electrons. The maximum atomic E-state index is 13.3. The number of carbonyl (C=O) groups excluding carboxylic acids is 1. The van der Waals surface area contributed by atoms with Crippen molar-refractivity contribution in [3.8, 4) is 0 Å². The number of morpholine rings is 1. The first kappa shape index (κ1) is 19.3. The van der Waals surface area contributed by atoms with Gasteiger partial charge in [-0.25, -0.2) is 4.79 Å². The standard InChI is InChI=1S/C19H24F3N3O3/c20-19(21,22)15-3-1-2-4-16(15)24-7-5-14(11-24)23-17(26)25-8-10-28-18(12-25)6-9-27-13-18/h1-4,14H,5-13H2,(H,23,26). The number of hydrogen-bond donors (Lipinski definition) is 1. The van der Waals surface area contributed by atoms with E-state index < -0.39 is 17.3 Å². The van der Waals surface area contributed by atoms with Crippen molar-refractivity contribution in [2.24, 2.45) is 0 Å². The SMILES string of the molecule is O=C(NC1CCN(c2ccccc2C(F)(F)F)C1)N1CCOC2(CCOC2)C1. The molecule has 3 aliphatic rings. The molecule has 154 valence electrons. The van der Waals surface area contributed by atoms with Crippen molar-refractivity contribution >= 4 is 11.7 Å². The minimum Gasteiger partial charge on any atom is -0.378 e. The lowest BCUT2D eigenvalue weighted by molar-refractivity contribution is -0.137. The van der Waals surface area contributed by atoms with Gasteiger partial charge in [0.1, 0.15) is 5.60 Å². The van der Waals surface area contributed by atoms with Gasteiger partial charge in [-0.05, 0) is 18.6 Å². The van der Waals surface area contributed by atoms with Crippen molar-refractivity contribution in [3.63, 3.8) is 0 Å². The van der Waals surface area contributed by atoms with Crippen LogP contribution in [0.5, 0.6) is 0 Å². The number of rotatable bonds is 2. The third kappa shape index (κ3) is 3.91. The largest absolute Gasteiger partial charge is 0.418 e. The molecule has 3 saturated heterocycles. The van der Waals surface area contributed by atoms with Crippen molar-refractivity contribution in [2.75, 3.05) is 50.9 Å². The highest BCUT2D eigenvalue weighted by Gasteiger charge is 2.42. The van der Waals surface area contributed by atoms with Gasteiger partial charge in [0.2, 0.25) is 0 Å². The number of amides is 2. The summed E-state index contributed by atoms with van der Waals surface area (Å²) in [5.41, 5.74) is -0.887. The molecule has 1 aromatic carbocycles. The van der Waals surface area contributed by atoms with E-state index >= 15 is 0 Å². The Morgan fingerprint density at radius 3 is 2.79 bits per heavy atom. The van der Waals surface area contributed by atoms with E-state index in [0.29, 0.717) is 52.4 Å². The Labute approximate surface area is 161 Å². The molecule has 0 bridgehead atoms. The van der Waals surface area contributed by atoms with Gasteiger partial charge in [-0.15, -0.1) is 0 Å². The van der Waals surface area contributed by atoms with Gasteiger partial charge in [0.05, 0.1) is 25.3 Å². The number of anilines is 1. The summed E-state index contributed by atoms with van der Waals surface area (Å²) in [6.07, 6.45) is -3.03. The maximum absolute atomic E-state index is 13.3. The number of carbonyl (C=O) groups is 1. The van der Waals surface area contributed by atoms with E-state index in [9.17, 15) is 18.0 Å². The number of nitrogens with zero attached hydrogens (tertiary/aromatic N) is 2. The molecule has 1 spiro atoms. The summed E-state index contributed by atoms with van der Waals surface area (Å²) >= 11 is 0. The zero-order chi connectivity index (χ0) is 19.8. The fraction of sp³-hybridized carbons (Fsp3) is 0.632. The summed E-state index contributed by atoms with van der Waals surface area (Å²) in [5.74, 6) is 0. The Kier molecular flexibility index (Phi) is 5.13. The highest BCUT2D eigenvalue weighted by molar-refractivity contribution is 5.75. The number of urea groups is 1. The summed E-state index contributed by atoms with van der Waals surface area (Å²) in [7, 11) is 0. The predicted octanol–water partition coefficient (Wildman–Crippen LogP) is 2.49. The second-order valence-corrected chi connectivity index (χ2v) is 7.65. The monoisotopic (exact) mass is 399 g/mol. The van der Waals surface area contributed by atoms with E-state index in [-0.39, 0.29) is 17.8 Å². The molecule has 2 atom stereocenters. The van der Waals surface area contributed by atoms with Crippen molar-refractivity contribution in [3.05, 3.63) is 29.8 Å². The molecule has 1 aromatic rings. The van der Waals surface area contributed by atoms with Crippen LogP contribution >= 0.6 is 0 Å². The fourth-order valence-electron chi connectivity index (χ4n) is 4.20. The minimum absolute atomic E-state index is 0.167. The molecule has 6 nitrogen and oxygen atoms in total. The summed E-state index contributed by atoms with van der Waals surface area (Å²) in [6, 6.07) is 5.20. The van der Waals surface area contributed by atoms with Crippen LogP contribution in [-0.4, -0.2) is 68.6 Å². The average Bonchev–Trinajstić information content (AvgIpc) is 3.31. The van der Waals surface area contributed by atoms with Crippen LogP contribution in [0.15, 0.2) is 24.3 Å². The number of halogens is 3. The Morgan fingerprint density at radius 1 is 1.21 bits per heavy atom. The molecule has 2 unspecified atom stereocenters. The highest BCUT2D eigenvalue weighted by atomic mass is 19.4. The molecule has 28 heavy (non-hydrogen) atoms. The average molecular weight is 399 g/mol. The summed E-state index contributed by atoms with van der Waals surface area (Å²) in [4.78, 5) is 16.1. The van der Waals surface area contributed by atoms with Crippen LogP contribution in [-0.2, 0) is 15.7 Å². The van der Waals surface area contributed by atoms with Gasteiger partial charge in [0.15, 0.2) is 0 Å². The molecule has 3 heterocycles. The van der Waals surface area contributed by atoms with Crippen LogP contribution in [0.3, 0.4) is 0 Å². The van der Waals surface area contributed by atoms with Gasteiger partial charge >= 0.3 is 12.2 Å². The topological polar surface area (TPSA) is 54.0 Å². The molecule has 0 saturated carbocycles. The predicted molar refractivity (Wildman–Crippen MR) is 96.3 cm³/mol. The van der Waals surface area contributed by atoms with Crippen LogP contribution < -0.4 is 10.2 Å². The lowest BCUT2D eigenvalue weighted by Crippen LogP contribution is -2.57. The van der Waals surface area contributed by atoms with Crippen LogP contribution in [0, 0.1) is 0 Å². The third-order valence-corrected chi connectivity index (χ3v) is 5.67. The first-order valence-corrected chi connectivity index (χ1v) is 9.55. The molecular weight excluding hydrogens is 375 g/mol. The normalized spacial score (nSPS) is 28.2. The van der Waals surface area contributed by atoms with Crippen molar-refractivity contribution < 1.29 is 27.4 Å². The van der Waals surface area contributed by atoms with Crippen LogP contribution in [0.4, 0.5) is 23.7 Å². The molecular formula is C19H24F3N3O3. The Morgan fingerprint density at radius 2 is 2.04 bits per heavy atom. The van der Waals surface area contributed by atoms with Gasteiger partial charge < -0.3 is 24.6 Å². The van der Waals surface area contributed by atoms with Crippen molar-refractivity contribution in [1.29, 1.82) is 0 Å². The van der Waals surface area contributed by atoms with Gasteiger partial charge in [-0.3, -0.25) is 0 Å². The second kappa shape index (κ2) is 7.44. The van der Waals surface area contributed by atoms with Gasteiger partial charge in [-0.1, -0.05) is 12.1 Å². The number of hydrogen-bond acceptors (Lipinski definition) is 4. The Balaban J connectivity index is 1.37. The minimum atomic E-state index is -4.40. The number of nitrogens with one attached hydrogen (secondary N) is 1. The zero-order valence-electron chi connectivity index (χ0n) is 15.5. The molecule has 3 fully saturated rings. The van der Waals surface area contributed by atoms with E-state index in [1.54, 1.807) is 15.9 Å². The van der Waals surface area contributed by atoms with E-state index in [4.69, 9.17) is 9.47 Å². The summed E-state index contributed by atoms with van der Waals surface area (Å²) < 4.78 is 51.1. The van der Waals surface area contributed by atoms with Crippen molar-refractivity contribution in [1.82, 2.24) is 10.2 Å². The number of para-hydroxylation sites is 1. The first-order valence-electron chi connectivity index (χ1n) is 9.55. The summed E-state index contributed by atoms with van der Waals surface area (Å²) in [6.45, 7) is 3.39. The van der Waals surface area contributed by atoms with Crippen LogP contribution in [0.25, 0.3) is 0 Å². The first-order chi connectivity index (χ1) is 13.4. The highest BCUT2D eigenvalue weighted by Crippen LogP contribution is 2.37. The quantitative estimate of drug-likeness (QED) is 0.830. The van der Waals surface area contributed by atoms with Crippen molar-refractivity contribution in [2.45, 2.75) is 30.7 Å². The second-order valence-electron chi connectivity index (χ2n) is 7.65. The number of ether oxygens (including phenoxy) is 2. The molecule has 2 amide bonds. The zero-order valence-corrected chi connectivity index (χ0v) is 15.5. The maximum Gasteiger partial charge on any atom is 0.418 e. The van der Waals surface area contributed by atoms with Gasteiger partial charge in [0.25, 0.3) is 0 Å². The molecule has 3 aliphatic heterocycles. The molecule has 9 heteroatoms. The Bertz CT molecular complexity index is 722. The van der Waals surface area contributed by atoms with Gasteiger partial charge in [-0.2, -0.15) is 13.2 Å². The smallest absolute Gasteiger partial charge is 0.378 e. The molecule has 1 N–H and O–H groups in total. The van der Waals surface area contributed by atoms with Crippen LogP contribution in [0.1, 0.15) is 18.4 Å². The fourth-order valence-corrected chi connectivity index (χ4v) is 4.20.